The Balaban J connectivity index is 1.59. The molecule has 21 heavy (non-hydrogen) atoms. The van der Waals surface area contributed by atoms with Gasteiger partial charge in [0.15, 0.2) is 11.5 Å². The van der Waals surface area contributed by atoms with Crippen molar-refractivity contribution < 1.29 is 8.42 Å². The van der Waals surface area contributed by atoms with E-state index in [0.29, 0.717) is 27.7 Å². The van der Waals surface area contributed by atoms with Gasteiger partial charge >= 0.3 is 0 Å². The molecular formula is C11H12N6O2S2. The van der Waals surface area contributed by atoms with Crippen molar-refractivity contribution in [3.8, 4) is 0 Å². The van der Waals surface area contributed by atoms with Crippen molar-refractivity contribution in [1.29, 1.82) is 0 Å². The van der Waals surface area contributed by atoms with Gasteiger partial charge in [0, 0.05) is 13.1 Å². The number of H-pyrrole nitrogens is 1. The number of anilines is 1. The summed E-state index contributed by atoms with van der Waals surface area (Å²) in [5, 5.41) is 4.77. The Kier molecular flexibility index (Phi) is 3.82. The zero-order chi connectivity index (χ0) is 14.7. The molecule has 10 heteroatoms. The summed E-state index contributed by atoms with van der Waals surface area (Å²) in [6.07, 6.45) is 2.94. The molecule has 0 amide bonds. The van der Waals surface area contributed by atoms with Gasteiger partial charge < -0.3 is 10.3 Å². The summed E-state index contributed by atoms with van der Waals surface area (Å²) in [6.45, 7) is 0.648. The van der Waals surface area contributed by atoms with Gasteiger partial charge in [0.25, 0.3) is 0 Å². The lowest BCUT2D eigenvalue weighted by molar-refractivity contribution is 0.585. The molecule has 0 radical (unpaired) electrons. The second-order valence-corrected chi connectivity index (χ2v) is 7.02. The molecule has 0 unspecified atom stereocenters. The molecule has 3 heterocycles. The third-order valence-corrected chi connectivity index (χ3v) is 5.55. The van der Waals surface area contributed by atoms with Crippen LogP contribution in [0.4, 0.5) is 5.82 Å². The van der Waals surface area contributed by atoms with Crippen LogP contribution < -0.4 is 10.0 Å². The smallest absolute Gasteiger partial charge is 0.250 e. The fourth-order valence-corrected chi connectivity index (χ4v) is 3.82. The number of sulfonamides is 1. The minimum Gasteiger partial charge on any atom is -0.367 e. The molecule has 0 saturated carbocycles. The van der Waals surface area contributed by atoms with Crippen LogP contribution in [0.5, 0.6) is 0 Å². The molecule has 110 valence electrons. The monoisotopic (exact) mass is 324 g/mol. The average Bonchev–Trinajstić information content (AvgIpc) is 3.14. The number of fused-ring (bicyclic) bond motifs is 1. The molecule has 0 aliphatic heterocycles. The summed E-state index contributed by atoms with van der Waals surface area (Å²) in [5.74, 6) is 0.591. The van der Waals surface area contributed by atoms with Gasteiger partial charge in [-0.25, -0.2) is 28.1 Å². The highest BCUT2D eigenvalue weighted by molar-refractivity contribution is 7.91. The van der Waals surface area contributed by atoms with Crippen molar-refractivity contribution in [2.24, 2.45) is 0 Å². The Morgan fingerprint density at radius 2 is 2.14 bits per heavy atom. The molecule has 3 N–H and O–H groups in total. The molecule has 8 nitrogen and oxygen atoms in total. The van der Waals surface area contributed by atoms with Gasteiger partial charge in [-0.1, -0.05) is 6.07 Å². The molecule has 3 aromatic heterocycles. The largest absolute Gasteiger partial charge is 0.367 e. The lowest BCUT2D eigenvalue weighted by atomic mass is 10.5. The molecule has 0 aliphatic carbocycles. The van der Waals surface area contributed by atoms with Crippen molar-refractivity contribution in [3.05, 3.63) is 30.2 Å². The zero-order valence-electron chi connectivity index (χ0n) is 10.8. The van der Waals surface area contributed by atoms with E-state index < -0.39 is 10.0 Å². The number of nitrogens with one attached hydrogen (secondary N) is 3. The van der Waals surface area contributed by atoms with Crippen molar-refractivity contribution >= 4 is 38.3 Å². The van der Waals surface area contributed by atoms with E-state index in [1.54, 1.807) is 17.5 Å². The predicted octanol–water partition coefficient (Wildman–Crippen LogP) is 0.805. The summed E-state index contributed by atoms with van der Waals surface area (Å²) in [6, 6.07) is 3.27. The third-order valence-electron chi connectivity index (χ3n) is 2.69. The number of aromatic amines is 1. The maximum Gasteiger partial charge on any atom is 0.250 e. The van der Waals surface area contributed by atoms with E-state index in [1.165, 1.54) is 24.0 Å². The maximum atomic E-state index is 11.9. The van der Waals surface area contributed by atoms with Crippen LogP contribution in [0.25, 0.3) is 11.2 Å². The number of thiophene rings is 1. The molecule has 0 saturated heterocycles. The van der Waals surface area contributed by atoms with Crippen molar-refractivity contribution in [3.63, 3.8) is 0 Å². The fraction of sp³-hybridized carbons (Fsp3) is 0.182. The molecule has 0 aliphatic rings. The van der Waals surface area contributed by atoms with Gasteiger partial charge in [-0.2, -0.15) is 0 Å². The van der Waals surface area contributed by atoms with E-state index in [9.17, 15) is 8.42 Å². The number of imidazole rings is 1. The first-order valence-corrected chi connectivity index (χ1v) is 8.44. The first-order valence-electron chi connectivity index (χ1n) is 6.08. The molecule has 0 atom stereocenters. The van der Waals surface area contributed by atoms with Gasteiger partial charge in [-0.3, -0.25) is 0 Å². The average molecular weight is 324 g/mol. The summed E-state index contributed by atoms with van der Waals surface area (Å²) < 4.78 is 26.6. The fourth-order valence-electron chi connectivity index (χ4n) is 1.75. The van der Waals surface area contributed by atoms with Crippen LogP contribution in [0.3, 0.4) is 0 Å². The van der Waals surface area contributed by atoms with Gasteiger partial charge in [0.2, 0.25) is 10.0 Å². The number of rotatable bonds is 6. The van der Waals surface area contributed by atoms with Gasteiger partial charge in [-0.15, -0.1) is 11.3 Å². The number of hydrogen-bond donors (Lipinski definition) is 3. The summed E-state index contributed by atoms with van der Waals surface area (Å²) in [5.41, 5.74) is 1.25. The quantitative estimate of drug-likeness (QED) is 0.578. The highest BCUT2D eigenvalue weighted by Gasteiger charge is 2.14. The molecule has 0 fully saturated rings. The zero-order valence-corrected chi connectivity index (χ0v) is 12.4. The topological polar surface area (TPSA) is 113 Å². The predicted molar refractivity (Wildman–Crippen MR) is 79.7 cm³/mol. The lowest BCUT2D eigenvalue weighted by Crippen LogP contribution is -2.28. The van der Waals surface area contributed by atoms with Gasteiger partial charge in [-0.05, 0) is 11.4 Å². The molecule has 0 bridgehead atoms. The SMILES string of the molecule is O=S(=O)(NCCNc1ncnc2nc[nH]c12)c1cccs1. The normalized spacial score (nSPS) is 11.8. The van der Waals surface area contributed by atoms with Crippen molar-refractivity contribution in [2.45, 2.75) is 4.21 Å². The maximum absolute atomic E-state index is 11.9. The van der Waals surface area contributed by atoms with E-state index in [2.05, 4.69) is 30.0 Å². The number of aromatic nitrogens is 4. The second-order valence-electron chi connectivity index (χ2n) is 4.08. The van der Waals surface area contributed by atoms with Gasteiger partial charge in [0.1, 0.15) is 16.1 Å². The van der Waals surface area contributed by atoms with Crippen LogP contribution in [0.15, 0.2) is 34.4 Å². The van der Waals surface area contributed by atoms with Crippen LogP contribution in [0.1, 0.15) is 0 Å². The standard InChI is InChI=1S/C11H12N6O2S2/c18-21(19,8-2-1-5-20-8)17-4-3-12-10-9-11(14-6-13-9)16-7-15-10/h1-2,5-7,17H,3-4H2,(H2,12,13,14,15,16). The molecule has 3 aromatic rings. The molecule has 0 spiro atoms. The van der Waals surface area contributed by atoms with Gasteiger partial charge in [0.05, 0.1) is 6.33 Å². The van der Waals surface area contributed by atoms with E-state index >= 15 is 0 Å². The van der Waals surface area contributed by atoms with Crippen LogP contribution >= 0.6 is 11.3 Å². The Bertz CT molecular complexity index is 827. The summed E-state index contributed by atoms with van der Waals surface area (Å²) in [4.78, 5) is 15.0. The summed E-state index contributed by atoms with van der Waals surface area (Å²) in [7, 11) is -3.43. The molecule has 0 aromatic carbocycles. The molecule has 3 rings (SSSR count). The van der Waals surface area contributed by atoms with E-state index in [0.717, 1.165) is 0 Å². The van der Waals surface area contributed by atoms with E-state index in [4.69, 9.17) is 0 Å². The van der Waals surface area contributed by atoms with Crippen LogP contribution in [-0.2, 0) is 10.0 Å². The first-order chi connectivity index (χ1) is 10.2. The Hall–Kier alpha value is -2.04. The highest BCUT2D eigenvalue weighted by atomic mass is 32.2. The Labute approximate surface area is 124 Å². The lowest BCUT2D eigenvalue weighted by Gasteiger charge is -2.07. The van der Waals surface area contributed by atoms with Crippen LogP contribution in [0, 0.1) is 0 Å². The van der Waals surface area contributed by atoms with Crippen molar-refractivity contribution in [2.75, 3.05) is 18.4 Å². The number of nitrogens with zero attached hydrogens (tertiary/aromatic N) is 3. The number of hydrogen-bond acceptors (Lipinski definition) is 7. The minimum absolute atomic E-state index is 0.250. The first kappa shape index (κ1) is 13.9. The molecular weight excluding hydrogens is 312 g/mol. The van der Waals surface area contributed by atoms with Crippen LogP contribution in [-0.4, -0.2) is 41.4 Å². The summed E-state index contributed by atoms with van der Waals surface area (Å²) >= 11 is 1.18. The second kappa shape index (κ2) is 5.76. The highest BCUT2D eigenvalue weighted by Crippen LogP contribution is 2.15. The minimum atomic E-state index is -3.43. The van der Waals surface area contributed by atoms with E-state index in [1.807, 2.05) is 0 Å². The van der Waals surface area contributed by atoms with E-state index in [-0.39, 0.29) is 6.54 Å². The Morgan fingerprint density at radius 3 is 2.95 bits per heavy atom. The van der Waals surface area contributed by atoms with Crippen molar-refractivity contribution in [1.82, 2.24) is 24.7 Å². The Morgan fingerprint density at radius 1 is 1.24 bits per heavy atom. The van der Waals surface area contributed by atoms with Crippen LogP contribution in [0.2, 0.25) is 0 Å². The third kappa shape index (κ3) is 3.01.